The number of pyridine rings is 1. The van der Waals surface area contributed by atoms with Crippen molar-refractivity contribution in [2.45, 2.75) is 26.7 Å². The lowest BCUT2D eigenvalue weighted by molar-refractivity contribution is 0.527. The molecule has 1 unspecified atom stereocenters. The van der Waals surface area contributed by atoms with E-state index in [0.717, 1.165) is 5.56 Å². The van der Waals surface area contributed by atoms with E-state index in [2.05, 4.69) is 25.8 Å². The molecule has 12 heavy (non-hydrogen) atoms. The van der Waals surface area contributed by atoms with E-state index in [1.165, 1.54) is 6.07 Å². The van der Waals surface area contributed by atoms with Gasteiger partial charge in [-0.05, 0) is 23.5 Å². The molecule has 0 saturated heterocycles. The molecule has 0 saturated carbocycles. The fourth-order valence-corrected chi connectivity index (χ4v) is 1.04. The summed E-state index contributed by atoms with van der Waals surface area (Å²) in [5.41, 5.74) is 1.10. The van der Waals surface area contributed by atoms with E-state index in [0.29, 0.717) is 11.8 Å². The Hall–Kier alpha value is -0.920. The molecule has 0 bridgehead atoms. The highest BCUT2D eigenvalue weighted by Gasteiger charge is 2.09. The summed E-state index contributed by atoms with van der Waals surface area (Å²) in [6.07, 6.45) is 1.61. The summed E-state index contributed by atoms with van der Waals surface area (Å²) in [6, 6.07) is 3.21. The lowest BCUT2D eigenvalue weighted by Gasteiger charge is -2.14. The van der Waals surface area contributed by atoms with Crippen LogP contribution in [0.2, 0.25) is 0 Å². The summed E-state index contributed by atoms with van der Waals surface area (Å²) in [5, 5.41) is 0. The minimum Gasteiger partial charge on any atom is -0.228 e. The fourth-order valence-electron chi connectivity index (χ4n) is 1.04. The van der Waals surface area contributed by atoms with Gasteiger partial charge < -0.3 is 0 Å². The molecule has 0 N–H and O–H groups in total. The van der Waals surface area contributed by atoms with Crippen molar-refractivity contribution in [3.63, 3.8) is 0 Å². The summed E-state index contributed by atoms with van der Waals surface area (Å²) >= 11 is 0. The van der Waals surface area contributed by atoms with E-state index in [9.17, 15) is 4.39 Å². The first-order valence-electron chi connectivity index (χ1n) is 4.22. The molecular formula is C10H14FN. The maximum Gasteiger partial charge on any atom is 0.212 e. The monoisotopic (exact) mass is 167 g/mol. The van der Waals surface area contributed by atoms with Gasteiger partial charge in [-0.2, -0.15) is 4.39 Å². The fraction of sp³-hybridized carbons (Fsp3) is 0.500. The average Bonchev–Trinajstić information content (AvgIpc) is 2.04. The van der Waals surface area contributed by atoms with Crippen LogP contribution in [0, 0.1) is 11.9 Å². The Kier molecular flexibility index (Phi) is 2.79. The minimum absolute atomic E-state index is 0.408. The molecule has 66 valence electrons. The maximum absolute atomic E-state index is 12.4. The molecule has 1 aromatic rings. The van der Waals surface area contributed by atoms with Gasteiger partial charge in [-0.1, -0.05) is 26.8 Å². The summed E-state index contributed by atoms with van der Waals surface area (Å²) in [5.74, 6) is 0.602. The quantitative estimate of drug-likeness (QED) is 0.617. The van der Waals surface area contributed by atoms with E-state index in [1.807, 2.05) is 0 Å². The predicted octanol–water partition coefficient (Wildman–Crippen LogP) is 2.98. The standard InChI is InChI=1S/C10H14FN/c1-7(2)8(3)9-4-5-10(11)12-6-9/h4-8H,1-3H3. The molecule has 0 spiro atoms. The second-order valence-corrected chi connectivity index (χ2v) is 3.45. The van der Waals surface area contributed by atoms with E-state index < -0.39 is 5.95 Å². The smallest absolute Gasteiger partial charge is 0.212 e. The second-order valence-electron chi connectivity index (χ2n) is 3.45. The van der Waals surface area contributed by atoms with Gasteiger partial charge in [0.05, 0.1) is 0 Å². The van der Waals surface area contributed by atoms with Crippen LogP contribution in [0.5, 0.6) is 0 Å². The lowest BCUT2D eigenvalue weighted by Crippen LogP contribution is -2.02. The largest absolute Gasteiger partial charge is 0.228 e. The molecule has 0 aliphatic carbocycles. The van der Waals surface area contributed by atoms with Crippen molar-refractivity contribution in [2.24, 2.45) is 5.92 Å². The van der Waals surface area contributed by atoms with Crippen LogP contribution in [-0.2, 0) is 0 Å². The van der Waals surface area contributed by atoms with Crippen molar-refractivity contribution in [2.75, 3.05) is 0 Å². The zero-order chi connectivity index (χ0) is 9.14. The van der Waals surface area contributed by atoms with Gasteiger partial charge >= 0.3 is 0 Å². The van der Waals surface area contributed by atoms with Gasteiger partial charge in [0.1, 0.15) is 0 Å². The Morgan fingerprint density at radius 2 is 1.92 bits per heavy atom. The molecule has 1 nitrogen and oxygen atoms in total. The summed E-state index contributed by atoms with van der Waals surface area (Å²) < 4.78 is 12.4. The van der Waals surface area contributed by atoms with Gasteiger partial charge in [0, 0.05) is 6.20 Å². The normalized spacial score (nSPS) is 13.4. The van der Waals surface area contributed by atoms with Gasteiger partial charge in [0.2, 0.25) is 5.95 Å². The Morgan fingerprint density at radius 3 is 2.33 bits per heavy atom. The van der Waals surface area contributed by atoms with E-state index in [1.54, 1.807) is 12.3 Å². The lowest BCUT2D eigenvalue weighted by atomic mass is 9.92. The van der Waals surface area contributed by atoms with E-state index in [4.69, 9.17) is 0 Å². The first-order valence-corrected chi connectivity index (χ1v) is 4.22. The third-order valence-corrected chi connectivity index (χ3v) is 2.28. The molecule has 1 aromatic heterocycles. The molecule has 1 heterocycles. The summed E-state index contributed by atoms with van der Waals surface area (Å²) in [6.45, 7) is 6.42. The van der Waals surface area contributed by atoms with Crippen LogP contribution in [-0.4, -0.2) is 4.98 Å². The van der Waals surface area contributed by atoms with Gasteiger partial charge in [0.25, 0.3) is 0 Å². The third-order valence-electron chi connectivity index (χ3n) is 2.28. The zero-order valence-electron chi connectivity index (χ0n) is 7.71. The van der Waals surface area contributed by atoms with Crippen LogP contribution in [0.1, 0.15) is 32.3 Å². The van der Waals surface area contributed by atoms with E-state index in [-0.39, 0.29) is 0 Å². The highest BCUT2D eigenvalue weighted by atomic mass is 19.1. The number of hydrogen-bond acceptors (Lipinski definition) is 1. The van der Waals surface area contributed by atoms with E-state index >= 15 is 0 Å². The predicted molar refractivity (Wildman–Crippen MR) is 47.4 cm³/mol. The van der Waals surface area contributed by atoms with Gasteiger partial charge in [-0.15, -0.1) is 0 Å². The average molecular weight is 167 g/mol. The summed E-state index contributed by atoms with van der Waals surface area (Å²) in [7, 11) is 0. The van der Waals surface area contributed by atoms with Crippen molar-refractivity contribution in [1.29, 1.82) is 0 Å². The van der Waals surface area contributed by atoms with Crippen LogP contribution >= 0.6 is 0 Å². The van der Waals surface area contributed by atoms with Crippen LogP contribution in [0.25, 0.3) is 0 Å². The van der Waals surface area contributed by atoms with Crippen LogP contribution in [0.15, 0.2) is 18.3 Å². The Balaban J connectivity index is 2.82. The van der Waals surface area contributed by atoms with Gasteiger partial charge in [0.15, 0.2) is 0 Å². The zero-order valence-corrected chi connectivity index (χ0v) is 7.71. The van der Waals surface area contributed by atoms with Crippen molar-refractivity contribution >= 4 is 0 Å². The molecule has 0 aromatic carbocycles. The first-order chi connectivity index (χ1) is 5.61. The van der Waals surface area contributed by atoms with Gasteiger partial charge in [-0.3, -0.25) is 0 Å². The minimum atomic E-state index is -0.408. The first kappa shape index (κ1) is 9.17. The number of rotatable bonds is 2. The number of nitrogens with zero attached hydrogens (tertiary/aromatic N) is 1. The molecule has 1 rings (SSSR count). The van der Waals surface area contributed by atoms with Crippen LogP contribution in [0.3, 0.4) is 0 Å². The van der Waals surface area contributed by atoms with Crippen molar-refractivity contribution in [3.8, 4) is 0 Å². The molecule has 0 fully saturated rings. The summed E-state index contributed by atoms with van der Waals surface area (Å²) in [4.78, 5) is 3.62. The highest BCUT2D eigenvalue weighted by molar-refractivity contribution is 5.14. The molecule has 0 aliphatic heterocycles. The SMILES string of the molecule is CC(C)C(C)c1ccc(F)nc1. The van der Waals surface area contributed by atoms with Crippen molar-refractivity contribution in [1.82, 2.24) is 4.98 Å². The number of hydrogen-bond donors (Lipinski definition) is 0. The topological polar surface area (TPSA) is 12.9 Å². The molecular weight excluding hydrogens is 153 g/mol. The van der Waals surface area contributed by atoms with Crippen molar-refractivity contribution < 1.29 is 4.39 Å². The van der Waals surface area contributed by atoms with Crippen LogP contribution < -0.4 is 0 Å². The Bertz CT molecular complexity index is 241. The number of halogens is 1. The molecule has 0 aliphatic rings. The third kappa shape index (κ3) is 2.03. The van der Waals surface area contributed by atoms with Crippen LogP contribution in [0.4, 0.5) is 4.39 Å². The van der Waals surface area contributed by atoms with Gasteiger partial charge in [-0.25, -0.2) is 4.98 Å². The molecule has 0 radical (unpaired) electrons. The Morgan fingerprint density at radius 1 is 1.25 bits per heavy atom. The maximum atomic E-state index is 12.4. The second kappa shape index (κ2) is 3.65. The van der Waals surface area contributed by atoms with Crippen molar-refractivity contribution in [3.05, 3.63) is 29.8 Å². The molecule has 2 heteroatoms. The molecule has 0 amide bonds. The highest BCUT2D eigenvalue weighted by Crippen LogP contribution is 2.22. The number of aromatic nitrogens is 1. The Labute approximate surface area is 72.6 Å². The molecule has 1 atom stereocenters.